The Morgan fingerprint density at radius 1 is 0.967 bits per heavy atom. The van der Waals surface area contributed by atoms with Crippen molar-refractivity contribution in [2.75, 3.05) is 0 Å². The van der Waals surface area contributed by atoms with E-state index in [2.05, 4.69) is 47.6 Å². The molecule has 0 aliphatic heterocycles. The molecule has 4 aliphatic carbocycles. The third-order valence-electron chi connectivity index (χ3n) is 11.3. The van der Waals surface area contributed by atoms with Crippen molar-refractivity contribution < 1.29 is 5.11 Å². The van der Waals surface area contributed by atoms with Crippen LogP contribution in [0.15, 0.2) is 11.6 Å². The minimum atomic E-state index is -0.0788. The molecule has 9 atom stereocenters. The molecule has 0 bridgehead atoms. The molecule has 0 heterocycles. The zero-order chi connectivity index (χ0) is 21.7. The third kappa shape index (κ3) is 3.84. The van der Waals surface area contributed by atoms with Crippen LogP contribution in [0.2, 0.25) is 0 Å². The maximum Gasteiger partial charge on any atom is 0.0577 e. The second-order valence-corrected chi connectivity index (χ2v) is 13.0. The first-order valence-corrected chi connectivity index (χ1v) is 13.5. The fourth-order valence-corrected chi connectivity index (χ4v) is 8.91. The van der Waals surface area contributed by atoms with Gasteiger partial charge in [-0.3, -0.25) is 0 Å². The summed E-state index contributed by atoms with van der Waals surface area (Å²) in [4.78, 5) is 0. The topological polar surface area (TPSA) is 20.2 Å². The summed E-state index contributed by atoms with van der Waals surface area (Å²) < 4.78 is 0. The highest BCUT2D eigenvalue weighted by molar-refractivity contribution is 5.25. The van der Waals surface area contributed by atoms with Gasteiger partial charge in [0.1, 0.15) is 0 Å². The normalized spacial score (nSPS) is 45.3. The van der Waals surface area contributed by atoms with E-state index < -0.39 is 0 Å². The molecular weight excluding hydrogens is 364 g/mol. The maximum absolute atomic E-state index is 10.2. The van der Waals surface area contributed by atoms with Crippen molar-refractivity contribution in [1.82, 2.24) is 0 Å². The van der Waals surface area contributed by atoms with Gasteiger partial charge < -0.3 is 5.11 Å². The Balaban J connectivity index is 1.44. The van der Waals surface area contributed by atoms with E-state index in [9.17, 15) is 5.11 Å². The molecule has 0 spiro atoms. The Bertz CT molecular complexity index is 634. The number of hydrogen-bond donors (Lipinski definition) is 1. The van der Waals surface area contributed by atoms with Crippen molar-refractivity contribution in [2.45, 2.75) is 118 Å². The molecule has 0 aromatic carbocycles. The van der Waals surface area contributed by atoms with Gasteiger partial charge in [-0.15, -0.1) is 0 Å². The van der Waals surface area contributed by atoms with Crippen LogP contribution in [0.5, 0.6) is 0 Å². The molecule has 1 heteroatoms. The molecule has 30 heavy (non-hydrogen) atoms. The van der Waals surface area contributed by atoms with Crippen molar-refractivity contribution >= 4 is 0 Å². The van der Waals surface area contributed by atoms with Crippen molar-refractivity contribution in [3.05, 3.63) is 11.6 Å². The summed E-state index contributed by atoms with van der Waals surface area (Å²) >= 11 is 0. The van der Waals surface area contributed by atoms with Gasteiger partial charge in [0.2, 0.25) is 0 Å². The lowest BCUT2D eigenvalue weighted by Gasteiger charge is -2.58. The number of aliphatic hydroxyl groups excluding tert-OH is 1. The highest BCUT2D eigenvalue weighted by Gasteiger charge is 2.59. The number of fused-ring (bicyclic) bond motifs is 5. The second kappa shape index (κ2) is 8.57. The quantitative estimate of drug-likeness (QED) is 0.436. The van der Waals surface area contributed by atoms with E-state index in [-0.39, 0.29) is 6.10 Å². The zero-order valence-corrected chi connectivity index (χ0v) is 20.9. The minimum Gasteiger partial charge on any atom is -0.393 e. The highest BCUT2D eigenvalue weighted by atomic mass is 16.3. The molecule has 0 aromatic rings. The van der Waals surface area contributed by atoms with Crippen molar-refractivity contribution in [3.63, 3.8) is 0 Å². The summed E-state index contributed by atoms with van der Waals surface area (Å²) in [5, 5.41) is 10.2. The van der Waals surface area contributed by atoms with Crippen LogP contribution < -0.4 is 0 Å². The summed E-state index contributed by atoms with van der Waals surface area (Å²) in [6.07, 6.45) is 17.2. The van der Waals surface area contributed by atoms with E-state index in [1.54, 1.807) is 5.57 Å². The van der Waals surface area contributed by atoms with Gasteiger partial charge in [0, 0.05) is 0 Å². The smallest absolute Gasteiger partial charge is 0.0577 e. The second-order valence-electron chi connectivity index (χ2n) is 13.0. The van der Waals surface area contributed by atoms with E-state index in [1.165, 1.54) is 57.8 Å². The molecule has 0 saturated heterocycles. The van der Waals surface area contributed by atoms with Gasteiger partial charge in [-0.25, -0.2) is 0 Å². The van der Waals surface area contributed by atoms with Gasteiger partial charge in [-0.1, -0.05) is 72.5 Å². The van der Waals surface area contributed by atoms with Gasteiger partial charge in [0.05, 0.1) is 6.10 Å². The van der Waals surface area contributed by atoms with Gasteiger partial charge in [-0.2, -0.15) is 0 Å². The largest absolute Gasteiger partial charge is 0.393 e. The zero-order valence-electron chi connectivity index (χ0n) is 20.9. The first-order valence-electron chi connectivity index (χ1n) is 13.5. The first-order chi connectivity index (χ1) is 14.2. The molecular formula is C29H50O. The predicted molar refractivity (Wildman–Crippen MR) is 128 cm³/mol. The highest BCUT2D eigenvalue weighted by Crippen LogP contribution is 2.67. The van der Waals surface area contributed by atoms with Crippen molar-refractivity contribution in [1.29, 1.82) is 0 Å². The molecule has 0 aromatic heterocycles. The number of hydrogen-bond acceptors (Lipinski definition) is 1. The van der Waals surface area contributed by atoms with Crippen LogP contribution in [-0.2, 0) is 0 Å². The summed E-state index contributed by atoms with van der Waals surface area (Å²) in [6.45, 7) is 15.1. The number of rotatable bonds is 6. The van der Waals surface area contributed by atoms with Gasteiger partial charge >= 0.3 is 0 Å². The van der Waals surface area contributed by atoms with Crippen LogP contribution in [0.1, 0.15) is 112 Å². The van der Waals surface area contributed by atoms with E-state index in [0.29, 0.717) is 10.8 Å². The van der Waals surface area contributed by atoms with Crippen molar-refractivity contribution in [3.8, 4) is 0 Å². The molecule has 1 nitrogen and oxygen atoms in total. The molecule has 0 amide bonds. The summed E-state index contributed by atoms with van der Waals surface area (Å²) in [6, 6.07) is 0. The van der Waals surface area contributed by atoms with Crippen LogP contribution in [0.25, 0.3) is 0 Å². The average molecular weight is 415 g/mol. The first kappa shape index (κ1) is 22.9. The molecule has 4 aliphatic rings. The average Bonchev–Trinajstić information content (AvgIpc) is 3.05. The lowest BCUT2D eigenvalue weighted by Crippen LogP contribution is -2.50. The van der Waals surface area contributed by atoms with Crippen LogP contribution in [0.4, 0.5) is 0 Å². The van der Waals surface area contributed by atoms with Crippen molar-refractivity contribution in [2.24, 2.45) is 52.3 Å². The van der Waals surface area contributed by atoms with Crippen LogP contribution in [0.3, 0.4) is 0 Å². The van der Waals surface area contributed by atoms with Gasteiger partial charge in [0.15, 0.2) is 0 Å². The molecule has 1 N–H and O–H groups in total. The van der Waals surface area contributed by atoms with E-state index in [1.807, 2.05) is 0 Å². The van der Waals surface area contributed by atoms with Crippen LogP contribution >= 0.6 is 0 Å². The summed E-state index contributed by atoms with van der Waals surface area (Å²) in [5.41, 5.74) is 2.59. The molecule has 3 saturated carbocycles. The molecule has 3 fully saturated rings. The van der Waals surface area contributed by atoms with Gasteiger partial charge in [0.25, 0.3) is 0 Å². The van der Waals surface area contributed by atoms with E-state index in [0.717, 1.165) is 54.3 Å². The minimum absolute atomic E-state index is 0.0788. The molecule has 172 valence electrons. The Kier molecular flexibility index (Phi) is 6.53. The molecule has 4 rings (SSSR count). The predicted octanol–water partition coefficient (Wildman–Crippen LogP) is 8.02. The maximum atomic E-state index is 10.2. The standard InChI is InChI=1S/C29H50O/c1-19(2)20(3)8-7-9-21(4)25-12-13-26-24-11-10-22-18-23(30)14-16-28(22,5)27(24)15-17-29(25,26)6/h10,19-21,23-27,30H,7-9,11-18H2,1-6H3/t20?,21-,23+,24+,25-,26?,27?,28+,29-/m1/s1. The lowest BCUT2D eigenvalue weighted by atomic mass is 9.47. The summed E-state index contributed by atoms with van der Waals surface area (Å²) in [7, 11) is 0. The van der Waals surface area contributed by atoms with E-state index >= 15 is 0 Å². The molecule has 0 radical (unpaired) electrons. The lowest BCUT2D eigenvalue weighted by molar-refractivity contribution is -0.0573. The Labute approximate surface area is 187 Å². The SMILES string of the molecule is CC(C)C(C)CCC[C@@H](C)[C@H]1CCC2[C@@H]3CC=C4C[C@@H](O)CC[C@]4(C)C3CC[C@@]21C. The molecule has 3 unspecified atom stereocenters. The Morgan fingerprint density at radius 3 is 2.47 bits per heavy atom. The Morgan fingerprint density at radius 2 is 1.73 bits per heavy atom. The monoisotopic (exact) mass is 414 g/mol. The number of allylic oxidation sites excluding steroid dienone is 1. The fraction of sp³-hybridized carbons (Fsp3) is 0.931. The summed E-state index contributed by atoms with van der Waals surface area (Å²) in [5.74, 6) is 6.28. The van der Waals surface area contributed by atoms with E-state index in [4.69, 9.17) is 0 Å². The van der Waals surface area contributed by atoms with Gasteiger partial charge in [-0.05, 0) is 104 Å². The fourth-order valence-electron chi connectivity index (χ4n) is 8.91. The third-order valence-corrected chi connectivity index (χ3v) is 11.3. The van der Waals surface area contributed by atoms with Crippen LogP contribution in [-0.4, -0.2) is 11.2 Å². The van der Waals surface area contributed by atoms with Crippen LogP contribution in [0, 0.1) is 52.3 Å². The Hall–Kier alpha value is -0.300. The number of aliphatic hydroxyl groups is 1.